The standard InChI is InChI=1S/C23H26ClN5O5S2/c1-15(30)26-7-5-22(6-8-26)12-28-19(31)11-27(14-23(28)13-25(2)21(32)29(22)23)36(33,34)20-9-16-3-4-17(24)10-18(16)35-20/h3-4,9-10H,5-8,11-14H2,1-2H3. The number of carbonyl (C=O) groups excluding carboxylic acids is 3. The van der Waals surface area contributed by atoms with Crippen molar-refractivity contribution in [3.05, 3.63) is 29.3 Å². The molecule has 10 nitrogen and oxygen atoms in total. The Kier molecular flexibility index (Phi) is 5.19. The minimum atomic E-state index is -4.00. The molecule has 2 aromatic rings. The van der Waals surface area contributed by atoms with Gasteiger partial charge < -0.3 is 14.7 Å². The summed E-state index contributed by atoms with van der Waals surface area (Å²) in [5.74, 6) is -0.328. The van der Waals surface area contributed by atoms with Gasteiger partial charge in [-0.15, -0.1) is 11.3 Å². The van der Waals surface area contributed by atoms with Crippen LogP contribution in [0.4, 0.5) is 4.79 Å². The van der Waals surface area contributed by atoms with Crippen LogP contribution in [0, 0.1) is 0 Å². The minimum absolute atomic E-state index is 0.00429. The van der Waals surface area contributed by atoms with Crippen LogP contribution in [0.25, 0.3) is 10.1 Å². The van der Waals surface area contributed by atoms with Crippen LogP contribution in [0.1, 0.15) is 19.8 Å². The molecule has 1 aromatic heterocycles. The van der Waals surface area contributed by atoms with E-state index >= 15 is 0 Å². The van der Waals surface area contributed by atoms with Gasteiger partial charge in [0.05, 0.1) is 25.2 Å². The van der Waals surface area contributed by atoms with E-state index < -0.39 is 21.2 Å². The highest BCUT2D eigenvalue weighted by molar-refractivity contribution is 7.91. The number of sulfonamides is 1. The van der Waals surface area contributed by atoms with Crippen LogP contribution in [0.2, 0.25) is 5.02 Å². The zero-order valence-electron chi connectivity index (χ0n) is 19.9. The van der Waals surface area contributed by atoms with Gasteiger partial charge in [0.1, 0.15) is 4.21 Å². The van der Waals surface area contributed by atoms with E-state index in [0.29, 0.717) is 37.5 Å². The predicted octanol–water partition coefficient (Wildman–Crippen LogP) is 1.85. The average molecular weight is 552 g/mol. The fraction of sp³-hybridized carbons (Fsp3) is 0.522. The van der Waals surface area contributed by atoms with E-state index in [4.69, 9.17) is 11.6 Å². The van der Waals surface area contributed by atoms with E-state index in [1.807, 2.05) is 0 Å². The third-order valence-electron chi connectivity index (χ3n) is 8.09. The Balaban J connectivity index is 1.38. The van der Waals surface area contributed by atoms with Crippen molar-refractivity contribution in [1.29, 1.82) is 0 Å². The molecule has 4 aliphatic rings. The van der Waals surface area contributed by atoms with Crippen LogP contribution in [-0.2, 0) is 19.6 Å². The van der Waals surface area contributed by atoms with Crippen LogP contribution < -0.4 is 0 Å². The monoisotopic (exact) mass is 551 g/mol. The molecule has 0 radical (unpaired) electrons. The zero-order valence-corrected chi connectivity index (χ0v) is 22.3. The highest BCUT2D eigenvalue weighted by atomic mass is 35.5. The summed E-state index contributed by atoms with van der Waals surface area (Å²) < 4.78 is 29.7. The molecule has 4 amide bonds. The summed E-state index contributed by atoms with van der Waals surface area (Å²) in [5, 5.41) is 1.28. The topological polar surface area (TPSA) is 102 Å². The second-order valence-corrected chi connectivity index (χ2v) is 13.9. The Labute approximate surface area is 218 Å². The summed E-state index contributed by atoms with van der Waals surface area (Å²) >= 11 is 7.21. The third kappa shape index (κ3) is 3.24. The number of likely N-dealkylation sites (tertiary alicyclic amines) is 1. The molecule has 6 rings (SSSR count). The Morgan fingerprint density at radius 2 is 1.81 bits per heavy atom. The van der Waals surface area contributed by atoms with E-state index in [1.165, 1.54) is 11.2 Å². The van der Waals surface area contributed by atoms with Crippen molar-refractivity contribution in [2.75, 3.05) is 46.3 Å². The lowest BCUT2D eigenvalue weighted by atomic mass is 9.86. The number of rotatable bonds is 2. The normalized spacial score (nSPS) is 26.3. The number of urea groups is 1. The number of benzene rings is 1. The van der Waals surface area contributed by atoms with Gasteiger partial charge in [-0.3, -0.25) is 14.5 Å². The third-order valence-corrected chi connectivity index (χ3v) is 11.7. The van der Waals surface area contributed by atoms with Crippen LogP contribution >= 0.6 is 22.9 Å². The van der Waals surface area contributed by atoms with Gasteiger partial charge in [-0.25, -0.2) is 13.2 Å². The number of likely N-dealkylation sites (N-methyl/N-ethyl adjacent to an activating group) is 1. The summed E-state index contributed by atoms with van der Waals surface area (Å²) in [5.41, 5.74) is -1.70. The van der Waals surface area contributed by atoms with E-state index in [2.05, 4.69) is 0 Å². The van der Waals surface area contributed by atoms with E-state index in [1.54, 1.807) is 50.9 Å². The molecular weight excluding hydrogens is 526 g/mol. The Bertz CT molecular complexity index is 1420. The van der Waals surface area contributed by atoms with E-state index in [0.717, 1.165) is 21.4 Å². The first-order valence-electron chi connectivity index (χ1n) is 11.8. The Morgan fingerprint density at radius 3 is 2.50 bits per heavy atom. The molecule has 4 fully saturated rings. The lowest BCUT2D eigenvalue weighted by molar-refractivity contribution is -0.143. The number of thiophene rings is 1. The maximum Gasteiger partial charge on any atom is 0.322 e. The number of hydrogen-bond donors (Lipinski definition) is 0. The lowest BCUT2D eigenvalue weighted by Gasteiger charge is -2.47. The number of amides is 4. The van der Waals surface area contributed by atoms with Crippen molar-refractivity contribution >= 4 is 60.9 Å². The number of halogens is 1. The van der Waals surface area contributed by atoms with Crippen LogP contribution in [-0.4, -0.2) is 108 Å². The molecule has 1 aromatic carbocycles. The van der Waals surface area contributed by atoms with Crippen molar-refractivity contribution in [3.8, 4) is 0 Å². The van der Waals surface area contributed by atoms with Crippen LogP contribution in [0.3, 0.4) is 0 Å². The minimum Gasteiger partial charge on any atom is -0.343 e. The Hall–Kier alpha value is -2.41. The summed E-state index contributed by atoms with van der Waals surface area (Å²) in [4.78, 5) is 45.7. The number of nitrogens with zero attached hydrogens (tertiary/aromatic N) is 5. The number of piperazine rings is 1. The van der Waals surface area contributed by atoms with E-state index in [9.17, 15) is 22.8 Å². The predicted molar refractivity (Wildman–Crippen MR) is 134 cm³/mol. The van der Waals surface area contributed by atoms with Crippen molar-refractivity contribution in [2.45, 2.75) is 35.2 Å². The molecular formula is C23H26ClN5O5S2. The molecule has 1 atom stereocenters. The molecule has 36 heavy (non-hydrogen) atoms. The number of fused-ring (bicyclic) bond motifs is 2. The number of hydrogen-bond acceptors (Lipinski definition) is 6. The van der Waals surface area contributed by atoms with Crippen molar-refractivity contribution in [2.24, 2.45) is 0 Å². The van der Waals surface area contributed by atoms with E-state index in [-0.39, 0.29) is 41.7 Å². The summed E-state index contributed by atoms with van der Waals surface area (Å²) in [7, 11) is -2.32. The van der Waals surface area contributed by atoms with Gasteiger partial charge in [0.15, 0.2) is 5.66 Å². The highest BCUT2D eigenvalue weighted by Crippen LogP contribution is 2.50. The zero-order chi connectivity index (χ0) is 25.6. The van der Waals surface area contributed by atoms with Gasteiger partial charge in [0.2, 0.25) is 11.8 Å². The first-order valence-corrected chi connectivity index (χ1v) is 14.4. The molecule has 0 bridgehead atoms. The van der Waals surface area contributed by atoms with Crippen molar-refractivity contribution in [1.82, 2.24) is 23.9 Å². The second-order valence-electron chi connectivity index (χ2n) is 10.2. The van der Waals surface area contributed by atoms with Crippen molar-refractivity contribution in [3.63, 3.8) is 0 Å². The summed E-state index contributed by atoms with van der Waals surface area (Å²) in [6.07, 6.45) is 1.09. The van der Waals surface area contributed by atoms with Gasteiger partial charge >= 0.3 is 6.03 Å². The number of carbonyl (C=O) groups is 3. The Morgan fingerprint density at radius 1 is 1.08 bits per heavy atom. The largest absolute Gasteiger partial charge is 0.343 e. The van der Waals surface area contributed by atoms with Crippen molar-refractivity contribution < 1.29 is 22.8 Å². The van der Waals surface area contributed by atoms with Gasteiger partial charge in [-0.2, -0.15) is 4.31 Å². The maximum absolute atomic E-state index is 13.8. The molecule has 4 saturated heterocycles. The molecule has 2 spiro atoms. The SMILES string of the molecule is CC(=O)N1CCC2(CC1)CN1C(=O)CN(S(=O)(=O)c3cc4ccc(Cl)cc4s3)CC13CN(C)C(=O)N23. The number of piperidine rings is 1. The first kappa shape index (κ1) is 24.0. The molecule has 0 N–H and O–H groups in total. The van der Waals surface area contributed by atoms with Gasteiger partial charge in [-0.05, 0) is 36.4 Å². The fourth-order valence-electron chi connectivity index (χ4n) is 6.35. The lowest BCUT2D eigenvalue weighted by Crippen LogP contribution is -2.68. The molecule has 0 aliphatic carbocycles. The first-order chi connectivity index (χ1) is 17.0. The molecule has 192 valence electrons. The smallest absolute Gasteiger partial charge is 0.322 e. The molecule has 1 unspecified atom stereocenters. The second kappa shape index (κ2) is 7.80. The van der Waals surface area contributed by atoms with Crippen LogP contribution in [0.15, 0.2) is 28.5 Å². The van der Waals surface area contributed by atoms with Gasteiger partial charge in [-0.1, -0.05) is 17.7 Å². The quantitative estimate of drug-likeness (QED) is 0.567. The average Bonchev–Trinajstić information content (AvgIpc) is 3.44. The summed E-state index contributed by atoms with van der Waals surface area (Å²) in [6.45, 7) is 2.82. The molecule has 0 saturated carbocycles. The maximum atomic E-state index is 13.8. The fourth-order valence-corrected chi connectivity index (χ4v) is 9.62. The van der Waals surface area contributed by atoms with Crippen LogP contribution in [0.5, 0.6) is 0 Å². The summed E-state index contributed by atoms with van der Waals surface area (Å²) in [6, 6.07) is 6.61. The molecule has 4 aliphatic heterocycles. The molecule has 13 heteroatoms. The molecule has 5 heterocycles. The highest BCUT2D eigenvalue weighted by Gasteiger charge is 2.69. The van der Waals surface area contributed by atoms with Gasteiger partial charge in [0, 0.05) is 43.3 Å². The van der Waals surface area contributed by atoms with Gasteiger partial charge in [0.25, 0.3) is 10.0 Å².